The van der Waals surface area contributed by atoms with Gasteiger partial charge in [-0.15, -0.1) is 0 Å². The standard InChI is InChI=1S/C21H21F2IN6O2/c22-13-3-4-16(23)15(10-13)18-2-1-7-29(18)19-6-9-30-20(27-19)17(11-25-30)26-21(31)28-8-5-14(12-28)32-24/h3-4,6,9-11,14,18H,1-2,5,7-8,12H2,(H,26,31). The van der Waals surface area contributed by atoms with Crippen molar-refractivity contribution >= 4 is 46.2 Å². The van der Waals surface area contributed by atoms with Gasteiger partial charge >= 0.3 is 6.03 Å². The van der Waals surface area contributed by atoms with Crippen LogP contribution in [0.15, 0.2) is 36.7 Å². The van der Waals surface area contributed by atoms with Crippen molar-refractivity contribution in [3.63, 3.8) is 0 Å². The number of hydrogen-bond donors (Lipinski definition) is 1. The molecule has 5 rings (SSSR count). The number of carbonyl (C=O) groups is 1. The maximum Gasteiger partial charge on any atom is 0.322 e. The average molecular weight is 554 g/mol. The Morgan fingerprint density at radius 1 is 1.22 bits per heavy atom. The Hall–Kier alpha value is -2.54. The molecule has 168 valence electrons. The lowest BCUT2D eigenvalue weighted by molar-refractivity contribution is 0.215. The van der Waals surface area contributed by atoms with Crippen molar-refractivity contribution in [3.05, 3.63) is 53.9 Å². The molecule has 1 N–H and O–H groups in total. The van der Waals surface area contributed by atoms with Crippen molar-refractivity contribution in [2.24, 2.45) is 0 Å². The van der Waals surface area contributed by atoms with Crippen LogP contribution < -0.4 is 10.2 Å². The summed E-state index contributed by atoms with van der Waals surface area (Å²) in [6.45, 7) is 1.82. The lowest BCUT2D eigenvalue weighted by atomic mass is 10.0. The molecule has 0 spiro atoms. The van der Waals surface area contributed by atoms with Gasteiger partial charge in [0.1, 0.15) is 46.1 Å². The summed E-state index contributed by atoms with van der Waals surface area (Å²) in [6.07, 6.45) is 5.67. The third-order valence-corrected chi connectivity index (χ3v) is 6.74. The van der Waals surface area contributed by atoms with Crippen molar-refractivity contribution in [2.75, 3.05) is 29.9 Å². The highest BCUT2D eigenvalue weighted by Crippen LogP contribution is 2.37. The molecule has 0 aliphatic carbocycles. The number of aromatic nitrogens is 3. The Labute approximate surface area is 197 Å². The number of benzene rings is 1. The molecule has 2 saturated heterocycles. The highest BCUT2D eigenvalue weighted by atomic mass is 127. The van der Waals surface area contributed by atoms with Crippen LogP contribution in [0, 0.1) is 11.6 Å². The van der Waals surface area contributed by atoms with E-state index in [9.17, 15) is 13.6 Å². The van der Waals surface area contributed by atoms with Crippen LogP contribution in [-0.4, -0.2) is 51.3 Å². The minimum absolute atomic E-state index is 0.0327. The van der Waals surface area contributed by atoms with Crippen molar-refractivity contribution in [1.29, 1.82) is 0 Å². The molecule has 32 heavy (non-hydrogen) atoms. The smallest absolute Gasteiger partial charge is 0.322 e. The number of carbonyl (C=O) groups excluding carboxylic acids is 1. The fraction of sp³-hybridized carbons (Fsp3) is 0.381. The highest BCUT2D eigenvalue weighted by Gasteiger charge is 2.30. The molecule has 2 unspecified atom stereocenters. The molecule has 2 aliphatic heterocycles. The molecule has 2 atom stereocenters. The summed E-state index contributed by atoms with van der Waals surface area (Å²) < 4.78 is 35.1. The van der Waals surface area contributed by atoms with E-state index in [0.717, 1.165) is 25.0 Å². The average Bonchev–Trinajstić information content (AvgIpc) is 3.55. The van der Waals surface area contributed by atoms with Gasteiger partial charge < -0.3 is 18.2 Å². The van der Waals surface area contributed by atoms with Crippen LogP contribution >= 0.6 is 23.0 Å². The van der Waals surface area contributed by atoms with E-state index in [1.54, 1.807) is 27.9 Å². The summed E-state index contributed by atoms with van der Waals surface area (Å²) in [6, 6.07) is 4.79. The lowest BCUT2D eigenvalue weighted by Gasteiger charge is -2.26. The Balaban J connectivity index is 1.41. The molecular formula is C21H21F2IN6O2. The Morgan fingerprint density at radius 2 is 2.09 bits per heavy atom. The van der Waals surface area contributed by atoms with Gasteiger partial charge in [0.05, 0.1) is 18.3 Å². The number of fused-ring (bicyclic) bond motifs is 1. The topological polar surface area (TPSA) is 75.0 Å². The summed E-state index contributed by atoms with van der Waals surface area (Å²) in [5, 5.41) is 7.15. The molecule has 0 bridgehead atoms. The third kappa shape index (κ3) is 3.98. The molecule has 8 nitrogen and oxygen atoms in total. The quantitative estimate of drug-likeness (QED) is 0.487. The second-order valence-electron chi connectivity index (χ2n) is 8.01. The number of halogens is 3. The number of urea groups is 1. The largest absolute Gasteiger partial charge is 0.349 e. The number of anilines is 2. The first kappa shape index (κ1) is 21.3. The minimum atomic E-state index is -0.463. The molecule has 0 saturated carbocycles. The van der Waals surface area contributed by atoms with Crippen molar-refractivity contribution < 1.29 is 16.6 Å². The first-order valence-corrected chi connectivity index (χ1v) is 11.3. The molecule has 1 aromatic carbocycles. The summed E-state index contributed by atoms with van der Waals surface area (Å²) in [4.78, 5) is 21.0. The number of rotatable bonds is 4. The number of nitrogens with one attached hydrogen (secondary N) is 1. The molecule has 2 aliphatic rings. The van der Waals surface area contributed by atoms with Gasteiger partial charge in [-0.3, -0.25) is 0 Å². The third-order valence-electron chi connectivity index (χ3n) is 6.02. The van der Waals surface area contributed by atoms with Crippen molar-refractivity contribution in [2.45, 2.75) is 31.4 Å². The van der Waals surface area contributed by atoms with Crippen molar-refractivity contribution in [1.82, 2.24) is 19.5 Å². The van der Waals surface area contributed by atoms with Crippen LogP contribution in [0.4, 0.5) is 25.1 Å². The van der Waals surface area contributed by atoms with Gasteiger partial charge in [0.25, 0.3) is 0 Å². The summed E-state index contributed by atoms with van der Waals surface area (Å²) in [7, 11) is 0. The Kier molecular flexibility index (Phi) is 5.84. The lowest BCUT2D eigenvalue weighted by Crippen LogP contribution is -2.33. The fourth-order valence-electron chi connectivity index (χ4n) is 4.42. The van der Waals surface area contributed by atoms with Gasteiger partial charge in [-0.2, -0.15) is 5.10 Å². The zero-order valence-electron chi connectivity index (χ0n) is 17.0. The van der Waals surface area contributed by atoms with E-state index in [-0.39, 0.29) is 18.2 Å². The molecule has 2 aromatic heterocycles. The van der Waals surface area contributed by atoms with E-state index in [1.165, 1.54) is 6.07 Å². The molecule has 2 fully saturated rings. The fourth-order valence-corrected chi connectivity index (χ4v) is 4.84. The van der Waals surface area contributed by atoms with E-state index >= 15 is 0 Å². The monoisotopic (exact) mass is 554 g/mol. The van der Waals surface area contributed by atoms with Gasteiger partial charge in [-0.1, -0.05) is 0 Å². The molecular weight excluding hydrogens is 533 g/mol. The molecule has 3 aromatic rings. The van der Waals surface area contributed by atoms with Crippen molar-refractivity contribution in [3.8, 4) is 0 Å². The molecule has 4 heterocycles. The van der Waals surface area contributed by atoms with Crippen LogP contribution in [0.1, 0.15) is 30.9 Å². The minimum Gasteiger partial charge on any atom is -0.349 e. The highest BCUT2D eigenvalue weighted by molar-refractivity contribution is 14.1. The summed E-state index contributed by atoms with van der Waals surface area (Å²) >= 11 is 1.86. The van der Waals surface area contributed by atoms with E-state index in [1.807, 2.05) is 27.9 Å². The maximum atomic E-state index is 14.4. The summed E-state index contributed by atoms with van der Waals surface area (Å²) in [5.41, 5.74) is 1.30. The van der Waals surface area contributed by atoms with Crippen LogP contribution in [0.25, 0.3) is 5.65 Å². The van der Waals surface area contributed by atoms with Gasteiger partial charge in [-0.25, -0.2) is 23.1 Å². The molecule has 11 heteroatoms. The number of hydrogen-bond acceptors (Lipinski definition) is 5. The zero-order chi connectivity index (χ0) is 22.2. The Bertz CT molecular complexity index is 1160. The maximum absolute atomic E-state index is 14.4. The Morgan fingerprint density at radius 3 is 2.91 bits per heavy atom. The number of nitrogens with zero attached hydrogens (tertiary/aromatic N) is 5. The van der Waals surface area contributed by atoms with Crippen LogP contribution in [0.5, 0.6) is 0 Å². The van der Waals surface area contributed by atoms with Gasteiger partial charge in [0, 0.05) is 31.4 Å². The predicted molar refractivity (Wildman–Crippen MR) is 123 cm³/mol. The van der Waals surface area contributed by atoms with Gasteiger partial charge in [0.15, 0.2) is 5.65 Å². The van der Waals surface area contributed by atoms with Crippen LogP contribution in [-0.2, 0) is 3.07 Å². The van der Waals surface area contributed by atoms with E-state index in [0.29, 0.717) is 48.8 Å². The number of likely N-dealkylation sites (tertiary alicyclic amines) is 1. The van der Waals surface area contributed by atoms with E-state index in [4.69, 9.17) is 8.05 Å². The zero-order valence-corrected chi connectivity index (χ0v) is 19.2. The molecule has 2 amide bonds. The van der Waals surface area contributed by atoms with E-state index < -0.39 is 11.6 Å². The first-order chi connectivity index (χ1) is 15.5. The summed E-state index contributed by atoms with van der Waals surface area (Å²) in [5.74, 6) is -0.269. The van der Waals surface area contributed by atoms with Crippen LogP contribution in [0.3, 0.4) is 0 Å². The predicted octanol–water partition coefficient (Wildman–Crippen LogP) is 4.32. The second-order valence-corrected chi connectivity index (χ2v) is 8.51. The first-order valence-electron chi connectivity index (χ1n) is 10.4. The SMILES string of the molecule is O=C(Nc1cnn2ccc(N3CCCC3c3cc(F)ccc3F)nc12)N1CCC(OI)C1. The van der Waals surface area contributed by atoms with Crippen LogP contribution in [0.2, 0.25) is 0 Å². The van der Waals surface area contributed by atoms with Gasteiger partial charge in [-0.05, 0) is 43.5 Å². The molecule has 0 radical (unpaired) electrons. The van der Waals surface area contributed by atoms with E-state index in [2.05, 4.69) is 10.4 Å². The number of amides is 2. The second kappa shape index (κ2) is 8.77. The normalized spacial score (nSPS) is 21.0. The van der Waals surface area contributed by atoms with Gasteiger partial charge in [0.2, 0.25) is 0 Å².